The van der Waals surface area contributed by atoms with Gasteiger partial charge in [-0.25, -0.2) is 17.5 Å². The third kappa shape index (κ3) is 4.62. The molecule has 0 aliphatic rings. The molecule has 144 valence electrons. The number of anilines is 1. The Bertz CT molecular complexity index is 1090. The molecule has 3 aromatic carbocycles. The van der Waals surface area contributed by atoms with Gasteiger partial charge in [-0.05, 0) is 42.8 Å². The van der Waals surface area contributed by atoms with E-state index in [0.29, 0.717) is 0 Å². The van der Waals surface area contributed by atoms with E-state index in [1.165, 1.54) is 42.5 Å². The number of benzene rings is 3. The second kappa shape index (κ2) is 8.33. The zero-order valence-electron chi connectivity index (χ0n) is 15.1. The highest BCUT2D eigenvalue weighted by Gasteiger charge is 2.20. The number of rotatable bonds is 6. The lowest BCUT2D eigenvalue weighted by Crippen LogP contribution is -2.27. The average Bonchev–Trinajstić information content (AvgIpc) is 2.70. The Morgan fingerprint density at radius 1 is 0.929 bits per heavy atom. The molecule has 3 aromatic rings. The highest BCUT2D eigenvalue weighted by Crippen LogP contribution is 2.19. The van der Waals surface area contributed by atoms with E-state index < -0.39 is 27.8 Å². The molecule has 0 heterocycles. The van der Waals surface area contributed by atoms with E-state index in [4.69, 9.17) is 0 Å². The van der Waals surface area contributed by atoms with Crippen LogP contribution < -0.4 is 10.0 Å². The van der Waals surface area contributed by atoms with Crippen molar-refractivity contribution in [2.45, 2.75) is 17.9 Å². The third-order valence-corrected chi connectivity index (χ3v) is 5.70. The molecular weight excluding hydrogens is 379 g/mol. The SMILES string of the molecule is CC(NS(=O)(=O)c1cccc(C(=O)Nc2ccccc2F)c1)c1ccccc1. The van der Waals surface area contributed by atoms with Crippen molar-refractivity contribution in [3.63, 3.8) is 0 Å². The summed E-state index contributed by atoms with van der Waals surface area (Å²) in [6, 6.07) is 20.1. The number of nitrogens with one attached hydrogen (secondary N) is 2. The minimum atomic E-state index is -3.85. The van der Waals surface area contributed by atoms with Gasteiger partial charge in [-0.3, -0.25) is 4.79 Å². The maximum atomic E-state index is 13.7. The first-order valence-corrected chi connectivity index (χ1v) is 10.1. The Balaban J connectivity index is 1.80. The van der Waals surface area contributed by atoms with Crippen molar-refractivity contribution < 1.29 is 17.6 Å². The zero-order valence-corrected chi connectivity index (χ0v) is 15.9. The number of amides is 1. The summed E-state index contributed by atoms with van der Waals surface area (Å²) in [5, 5.41) is 2.44. The molecule has 0 spiro atoms. The summed E-state index contributed by atoms with van der Waals surface area (Å²) in [7, 11) is -3.85. The van der Waals surface area contributed by atoms with Crippen LogP contribution in [-0.2, 0) is 10.0 Å². The fourth-order valence-corrected chi connectivity index (χ4v) is 3.95. The van der Waals surface area contributed by atoms with Crippen LogP contribution in [0.25, 0.3) is 0 Å². The first kappa shape index (κ1) is 19.7. The van der Waals surface area contributed by atoms with Gasteiger partial charge in [0.05, 0.1) is 10.6 Å². The van der Waals surface area contributed by atoms with Crippen molar-refractivity contribution in [2.24, 2.45) is 0 Å². The number of sulfonamides is 1. The number of hydrogen-bond acceptors (Lipinski definition) is 3. The van der Waals surface area contributed by atoms with E-state index in [0.717, 1.165) is 5.56 Å². The van der Waals surface area contributed by atoms with Gasteiger partial charge in [0.1, 0.15) is 5.82 Å². The van der Waals surface area contributed by atoms with Crippen molar-refractivity contribution >= 4 is 21.6 Å². The number of halogens is 1. The lowest BCUT2D eigenvalue weighted by atomic mass is 10.1. The van der Waals surface area contributed by atoms with Crippen molar-refractivity contribution in [3.05, 3.63) is 95.8 Å². The van der Waals surface area contributed by atoms with Crippen LogP contribution >= 0.6 is 0 Å². The van der Waals surface area contributed by atoms with E-state index in [1.807, 2.05) is 30.3 Å². The fourth-order valence-electron chi connectivity index (χ4n) is 2.67. The Kier molecular flexibility index (Phi) is 5.87. The van der Waals surface area contributed by atoms with Gasteiger partial charge >= 0.3 is 0 Å². The Morgan fingerprint density at radius 2 is 1.61 bits per heavy atom. The first-order chi connectivity index (χ1) is 13.4. The van der Waals surface area contributed by atoms with Crippen LogP contribution in [0.5, 0.6) is 0 Å². The van der Waals surface area contributed by atoms with Gasteiger partial charge in [-0.15, -0.1) is 0 Å². The van der Waals surface area contributed by atoms with E-state index in [1.54, 1.807) is 13.0 Å². The smallest absolute Gasteiger partial charge is 0.255 e. The first-order valence-electron chi connectivity index (χ1n) is 8.60. The number of hydrogen-bond donors (Lipinski definition) is 2. The van der Waals surface area contributed by atoms with Crippen molar-refractivity contribution in [3.8, 4) is 0 Å². The molecule has 5 nitrogen and oxygen atoms in total. The second-order valence-corrected chi connectivity index (χ2v) is 7.93. The van der Waals surface area contributed by atoms with Gasteiger partial charge in [0.2, 0.25) is 10.0 Å². The summed E-state index contributed by atoms with van der Waals surface area (Å²) < 4.78 is 41.7. The molecule has 28 heavy (non-hydrogen) atoms. The molecule has 2 N–H and O–H groups in total. The Hall–Kier alpha value is -3.03. The largest absolute Gasteiger partial charge is 0.319 e. The van der Waals surface area contributed by atoms with Gasteiger partial charge in [-0.1, -0.05) is 48.5 Å². The number of para-hydroxylation sites is 1. The van der Waals surface area contributed by atoms with E-state index in [9.17, 15) is 17.6 Å². The van der Waals surface area contributed by atoms with Gasteiger partial charge in [0.15, 0.2) is 0 Å². The van der Waals surface area contributed by atoms with Crippen LogP contribution in [0.15, 0.2) is 83.8 Å². The zero-order chi connectivity index (χ0) is 20.1. The summed E-state index contributed by atoms with van der Waals surface area (Å²) >= 11 is 0. The van der Waals surface area contributed by atoms with Crippen LogP contribution in [0.4, 0.5) is 10.1 Å². The minimum absolute atomic E-state index is 0.0246. The van der Waals surface area contributed by atoms with Gasteiger partial charge in [0, 0.05) is 11.6 Å². The molecule has 1 amide bonds. The molecular formula is C21H19FN2O3S. The maximum Gasteiger partial charge on any atom is 0.255 e. The summed E-state index contributed by atoms with van der Waals surface area (Å²) in [6.45, 7) is 1.74. The van der Waals surface area contributed by atoms with Crippen LogP contribution in [0.3, 0.4) is 0 Å². The molecule has 0 saturated heterocycles. The van der Waals surface area contributed by atoms with E-state index >= 15 is 0 Å². The van der Waals surface area contributed by atoms with Crippen LogP contribution in [0, 0.1) is 5.82 Å². The molecule has 3 rings (SSSR count). The minimum Gasteiger partial charge on any atom is -0.319 e. The van der Waals surface area contributed by atoms with Crippen LogP contribution in [0.2, 0.25) is 0 Å². The summed E-state index contributed by atoms with van der Waals surface area (Å²) in [5.74, 6) is -1.17. The van der Waals surface area contributed by atoms with E-state index in [-0.39, 0.29) is 16.1 Å². The van der Waals surface area contributed by atoms with Crippen molar-refractivity contribution in [2.75, 3.05) is 5.32 Å². The highest BCUT2D eigenvalue weighted by atomic mass is 32.2. The van der Waals surface area contributed by atoms with Gasteiger partial charge < -0.3 is 5.32 Å². The fraction of sp³-hybridized carbons (Fsp3) is 0.0952. The van der Waals surface area contributed by atoms with Crippen LogP contribution in [-0.4, -0.2) is 14.3 Å². The molecule has 0 saturated carbocycles. The lowest BCUT2D eigenvalue weighted by molar-refractivity contribution is 0.102. The lowest BCUT2D eigenvalue weighted by Gasteiger charge is -2.15. The summed E-state index contributed by atoms with van der Waals surface area (Å²) in [6.07, 6.45) is 0. The topological polar surface area (TPSA) is 75.3 Å². The van der Waals surface area contributed by atoms with E-state index in [2.05, 4.69) is 10.0 Å². The third-order valence-electron chi connectivity index (χ3n) is 4.16. The highest BCUT2D eigenvalue weighted by molar-refractivity contribution is 7.89. The predicted molar refractivity (Wildman–Crippen MR) is 106 cm³/mol. The molecule has 0 aliphatic carbocycles. The summed E-state index contributed by atoms with van der Waals surface area (Å²) in [5.41, 5.74) is 0.953. The average molecular weight is 398 g/mol. The standard InChI is InChI=1S/C21H19FN2O3S/c1-15(16-8-3-2-4-9-16)24-28(26,27)18-11-7-10-17(14-18)21(25)23-20-13-6-5-12-19(20)22/h2-15,24H,1H3,(H,23,25). The van der Waals surface area contributed by atoms with Crippen LogP contribution in [0.1, 0.15) is 28.9 Å². The molecule has 0 aliphatic heterocycles. The Labute approximate surface area is 163 Å². The van der Waals surface area contributed by atoms with Crippen molar-refractivity contribution in [1.29, 1.82) is 0 Å². The number of carbonyl (C=O) groups excluding carboxylic acids is 1. The summed E-state index contributed by atoms with van der Waals surface area (Å²) in [4.78, 5) is 12.4. The monoisotopic (exact) mass is 398 g/mol. The normalized spacial score (nSPS) is 12.4. The Morgan fingerprint density at radius 3 is 2.32 bits per heavy atom. The molecule has 0 radical (unpaired) electrons. The second-order valence-electron chi connectivity index (χ2n) is 6.22. The van der Waals surface area contributed by atoms with Crippen molar-refractivity contribution in [1.82, 2.24) is 4.72 Å². The molecule has 1 atom stereocenters. The molecule has 0 aromatic heterocycles. The van der Waals surface area contributed by atoms with Gasteiger partial charge in [0.25, 0.3) is 5.91 Å². The molecule has 7 heteroatoms. The number of carbonyl (C=O) groups is 1. The molecule has 0 bridgehead atoms. The maximum absolute atomic E-state index is 13.7. The predicted octanol–water partition coefficient (Wildman–Crippen LogP) is 4.12. The quantitative estimate of drug-likeness (QED) is 0.656. The molecule has 0 fully saturated rings. The van der Waals surface area contributed by atoms with Gasteiger partial charge in [-0.2, -0.15) is 0 Å². The molecule has 1 unspecified atom stereocenters.